The number of nitrogens with one attached hydrogen (secondary N) is 1. The van der Waals surface area contributed by atoms with Crippen molar-refractivity contribution in [1.82, 2.24) is 5.32 Å². The van der Waals surface area contributed by atoms with E-state index in [9.17, 15) is 8.78 Å². The first kappa shape index (κ1) is 15.3. The number of methoxy groups -OCH3 is 2. The third kappa shape index (κ3) is 4.16. The standard InChI is InChI=1S/C16H17F2NO2/c1-20-13-5-12(6-14(8-13)21-2)10-19-9-11-3-4-15(17)16(18)7-11/h3-8,19H,9-10H2,1-2H3. The Morgan fingerprint density at radius 3 is 2.00 bits per heavy atom. The molecular formula is C16H17F2NO2. The van der Waals surface area contributed by atoms with Crippen molar-refractivity contribution in [2.45, 2.75) is 13.1 Å². The van der Waals surface area contributed by atoms with Gasteiger partial charge in [-0.05, 0) is 35.4 Å². The average molecular weight is 293 g/mol. The highest BCUT2D eigenvalue weighted by Gasteiger charge is 2.04. The average Bonchev–Trinajstić information content (AvgIpc) is 2.50. The summed E-state index contributed by atoms with van der Waals surface area (Å²) < 4.78 is 36.3. The first-order valence-corrected chi connectivity index (χ1v) is 6.49. The number of hydrogen-bond donors (Lipinski definition) is 1. The molecule has 0 aromatic heterocycles. The van der Waals surface area contributed by atoms with Crippen molar-refractivity contribution in [3.63, 3.8) is 0 Å². The van der Waals surface area contributed by atoms with Gasteiger partial charge in [0, 0.05) is 19.2 Å². The molecule has 5 heteroatoms. The molecule has 0 atom stereocenters. The van der Waals surface area contributed by atoms with Crippen LogP contribution in [0.2, 0.25) is 0 Å². The Labute approximate surface area is 122 Å². The molecule has 112 valence electrons. The van der Waals surface area contributed by atoms with Crippen LogP contribution in [0.4, 0.5) is 8.78 Å². The lowest BCUT2D eigenvalue weighted by atomic mass is 10.1. The van der Waals surface area contributed by atoms with Gasteiger partial charge in [-0.1, -0.05) is 6.07 Å². The zero-order chi connectivity index (χ0) is 15.2. The van der Waals surface area contributed by atoms with Crippen LogP contribution in [0.5, 0.6) is 11.5 Å². The highest BCUT2D eigenvalue weighted by molar-refractivity contribution is 5.38. The van der Waals surface area contributed by atoms with Gasteiger partial charge in [-0.2, -0.15) is 0 Å². The van der Waals surface area contributed by atoms with Crippen LogP contribution in [0.15, 0.2) is 36.4 Å². The zero-order valence-electron chi connectivity index (χ0n) is 12.0. The van der Waals surface area contributed by atoms with Gasteiger partial charge in [-0.3, -0.25) is 0 Å². The molecule has 1 N–H and O–H groups in total. The van der Waals surface area contributed by atoms with Gasteiger partial charge < -0.3 is 14.8 Å². The van der Waals surface area contributed by atoms with Crippen LogP contribution in [0, 0.1) is 11.6 Å². The van der Waals surface area contributed by atoms with E-state index >= 15 is 0 Å². The molecule has 0 aliphatic rings. The molecule has 2 aromatic rings. The van der Waals surface area contributed by atoms with Crippen LogP contribution in [0.1, 0.15) is 11.1 Å². The SMILES string of the molecule is COc1cc(CNCc2ccc(F)c(F)c2)cc(OC)c1. The molecule has 0 aliphatic carbocycles. The molecule has 0 amide bonds. The molecule has 0 bridgehead atoms. The largest absolute Gasteiger partial charge is 0.497 e. The number of ether oxygens (including phenoxy) is 2. The van der Waals surface area contributed by atoms with E-state index in [1.54, 1.807) is 26.4 Å². The first-order valence-electron chi connectivity index (χ1n) is 6.49. The van der Waals surface area contributed by atoms with Gasteiger partial charge in [-0.25, -0.2) is 8.78 Å². The lowest BCUT2D eigenvalue weighted by Crippen LogP contribution is -2.13. The third-order valence-corrected chi connectivity index (χ3v) is 3.05. The maximum atomic E-state index is 13.1. The van der Waals surface area contributed by atoms with Crippen LogP contribution >= 0.6 is 0 Å². The predicted molar refractivity (Wildman–Crippen MR) is 76.4 cm³/mol. The first-order chi connectivity index (χ1) is 10.1. The van der Waals surface area contributed by atoms with Crippen LogP contribution in [-0.4, -0.2) is 14.2 Å². The monoisotopic (exact) mass is 293 g/mol. The third-order valence-electron chi connectivity index (χ3n) is 3.05. The molecule has 0 aliphatic heterocycles. The fourth-order valence-corrected chi connectivity index (χ4v) is 1.97. The molecule has 3 nitrogen and oxygen atoms in total. The maximum absolute atomic E-state index is 13.1. The normalized spacial score (nSPS) is 10.5. The van der Waals surface area contributed by atoms with Crippen LogP contribution in [0.3, 0.4) is 0 Å². The van der Waals surface area contributed by atoms with E-state index < -0.39 is 11.6 Å². The van der Waals surface area contributed by atoms with E-state index in [4.69, 9.17) is 9.47 Å². The van der Waals surface area contributed by atoms with E-state index in [0.29, 0.717) is 30.2 Å². The van der Waals surface area contributed by atoms with Crippen molar-refractivity contribution in [2.75, 3.05) is 14.2 Å². The minimum Gasteiger partial charge on any atom is -0.497 e. The highest BCUT2D eigenvalue weighted by atomic mass is 19.2. The number of benzene rings is 2. The second-order valence-electron chi connectivity index (χ2n) is 4.57. The second-order valence-corrected chi connectivity index (χ2v) is 4.57. The van der Waals surface area contributed by atoms with E-state index in [0.717, 1.165) is 11.6 Å². The van der Waals surface area contributed by atoms with Crippen molar-refractivity contribution >= 4 is 0 Å². The lowest BCUT2D eigenvalue weighted by Gasteiger charge is -2.10. The number of hydrogen-bond acceptors (Lipinski definition) is 3. The van der Waals surface area contributed by atoms with E-state index in [-0.39, 0.29) is 0 Å². The van der Waals surface area contributed by atoms with Crippen molar-refractivity contribution in [2.24, 2.45) is 0 Å². The quantitative estimate of drug-likeness (QED) is 0.886. The van der Waals surface area contributed by atoms with Crippen molar-refractivity contribution < 1.29 is 18.3 Å². The van der Waals surface area contributed by atoms with Crippen LogP contribution in [0.25, 0.3) is 0 Å². The molecule has 0 heterocycles. The Morgan fingerprint density at radius 1 is 0.810 bits per heavy atom. The Morgan fingerprint density at radius 2 is 1.43 bits per heavy atom. The fraction of sp³-hybridized carbons (Fsp3) is 0.250. The van der Waals surface area contributed by atoms with Gasteiger partial charge in [0.15, 0.2) is 11.6 Å². The van der Waals surface area contributed by atoms with E-state index in [2.05, 4.69) is 5.32 Å². The molecule has 0 saturated carbocycles. The van der Waals surface area contributed by atoms with Crippen molar-refractivity contribution in [3.8, 4) is 11.5 Å². The Kier molecular flexibility index (Phi) is 5.11. The zero-order valence-corrected chi connectivity index (χ0v) is 12.0. The summed E-state index contributed by atoms with van der Waals surface area (Å²) in [7, 11) is 3.18. The minimum absolute atomic E-state index is 0.441. The summed E-state index contributed by atoms with van der Waals surface area (Å²) in [5.41, 5.74) is 1.66. The molecule has 0 saturated heterocycles. The Bertz CT molecular complexity index is 595. The van der Waals surface area contributed by atoms with Crippen molar-refractivity contribution in [1.29, 1.82) is 0 Å². The summed E-state index contributed by atoms with van der Waals surface area (Å²) >= 11 is 0. The molecule has 0 spiro atoms. The summed E-state index contributed by atoms with van der Waals surface area (Å²) in [4.78, 5) is 0. The topological polar surface area (TPSA) is 30.5 Å². The highest BCUT2D eigenvalue weighted by Crippen LogP contribution is 2.22. The smallest absolute Gasteiger partial charge is 0.159 e. The van der Waals surface area contributed by atoms with Gasteiger partial charge >= 0.3 is 0 Å². The van der Waals surface area contributed by atoms with Gasteiger partial charge in [0.2, 0.25) is 0 Å². The molecule has 0 fully saturated rings. The predicted octanol–water partition coefficient (Wildman–Crippen LogP) is 3.27. The molecule has 21 heavy (non-hydrogen) atoms. The number of halogens is 2. The van der Waals surface area contributed by atoms with Crippen LogP contribution < -0.4 is 14.8 Å². The van der Waals surface area contributed by atoms with Gasteiger partial charge in [0.25, 0.3) is 0 Å². The molecular weight excluding hydrogens is 276 g/mol. The maximum Gasteiger partial charge on any atom is 0.159 e. The molecule has 0 radical (unpaired) electrons. The van der Waals surface area contributed by atoms with Gasteiger partial charge in [-0.15, -0.1) is 0 Å². The lowest BCUT2D eigenvalue weighted by molar-refractivity contribution is 0.393. The van der Waals surface area contributed by atoms with Crippen LogP contribution in [-0.2, 0) is 13.1 Å². The number of rotatable bonds is 6. The Hall–Kier alpha value is -2.14. The summed E-state index contributed by atoms with van der Waals surface area (Å²) in [6.45, 7) is 1.00. The van der Waals surface area contributed by atoms with Gasteiger partial charge in [0.05, 0.1) is 14.2 Å². The summed E-state index contributed by atoms with van der Waals surface area (Å²) in [5.74, 6) is -0.258. The minimum atomic E-state index is -0.837. The van der Waals surface area contributed by atoms with E-state index in [1.807, 2.05) is 12.1 Å². The molecule has 0 unspecified atom stereocenters. The summed E-state index contributed by atoms with van der Waals surface area (Å²) in [6, 6.07) is 9.44. The van der Waals surface area contributed by atoms with Gasteiger partial charge in [0.1, 0.15) is 11.5 Å². The summed E-state index contributed by atoms with van der Waals surface area (Å²) in [6.07, 6.45) is 0. The summed E-state index contributed by atoms with van der Waals surface area (Å²) in [5, 5.41) is 3.17. The fourth-order valence-electron chi connectivity index (χ4n) is 1.97. The second kappa shape index (κ2) is 7.04. The van der Waals surface area contributed by atoms with E-state index in [1.165, 1.54) is 6.07 Å². The molecule has 2 aromatic carbocycles. The molecule has 2 rings (SSSR count). The Balaban J connectivity index is 1.98. The van der Waals surface area contributed by atoms with Crippen molar-refractivity contribution in [3.05, 3.63) is 59.2 Å².